The van der Waals surface area contributed by atoms with Crippen LogP contribution >= 0.6 is 22.9 Å². The molecule has 1 heterocycles. The van der Waals surface area contributed by atoms with Gasteiger partial charge in [0.25, 0.3) is 0 Å². The van der Waals surface area contributed by atoms with Gasteiger partial charge in [0.1, 0.15) is 5.82 Å². The molecule has 1 atom stereocenters. The highest BCUT2D eigenvalue weighted by molar-refractivity contribution is 7.09. The third kappa shape index (κ3) is 3.55. The molecule has 1 aromatic heterocycles. The first-order valence-electron chi connectivity index (χ1n) is 5.85. The van der Waals surface area contributed by atoms with Gasteiger partial charge in [0.2, 0.25) is 0 Å². The SMILES string of the molecule is CC(Cc1cccs1)NCc1c(F)cccc1Cl. The summed E-state index contributed by atoms with van der Waals surface area (Å²) in [6, 6.07) is 9.22. The lowest BCUT2D eigenvalue weighted by Gasteiger charge is -2.14. The summed E-state index contributed by atoms with van der Waals surface area (Å²) in [6.45, 7) is 2.55. The van der Waals surface area contributed by atoms with Crippen LogP contribution in [-0.4, -0.2) is 6.04 Å². The molecular weight excluding hydrogens is 269 g/mol. The van der Waals surface area contributed by atoms with Gasteiger partial charge in [-0.05, 0) is 36.9 Å². The van der Waals surface area contributed by atoms with Crippen molar-refractivity contribution in [3.8, 4) is 0 Å². The van der Waals surface area contributed by atoms with Gasteiger partial charge in [0.05, 0.1) is 0 Å². The van der Waals surface area contributed by atoms with Crippen LogP contribution in [0.5, 0.6) is 0 Å². The molecule has 96 valence electrons. The zero-order chi connectivity index (χ0) is 13.0. The van der Waals surface area contributed by atoms with Crippen LogP contribution in [0.4, 0.5) is 4.39 Å². The molecule has 1 nitrogen and oxygen atoms in total. The zero-order valence-electron chi connectivity index (χ0n) is 10.1. The van der Waals surface area contributed by atoms with E-state index in [9.17, 15) is 4.39 Å². The van der Waals surface area contributed by atoms with Crippen molar-refractivity contribution in [3.63, 3.8) is 0 Å². The largest absolute Gasteiger partial charge is 0.310 e. The van der Waals surface area contributed by atoms with E-state index in [0.29, 0.717) is 23.2 Å². The lowest BCUT2D eigenvalue weighted by molar-refractivity contribution is 0.528. The summed E-state index contributed by atoms with van der Waals surface area (Å²) in [7, 11) is 0. The van der Waals surface area contributed by atoms with Gasteiger partial charge in [-0.2, -0.15) is 0 Å². The van der Waals surface area contributed by atoms with Crippen LogP contribution in [0.25, 0.3) is 0 Å². The molecule has 0 aliphatic carbocycles. The van der Waals surface area contributed by atoms with E-state index in [4.69, 9.17) is 11.6 Å². The summed E-state index contributed by atoms with van der Waals surface area (Å²) in [6.07, 6.45) is 0.948. The molecular formula is C14H15ClFNS. The van der Waals surface area contributed by atoms with Crippen molar-refractivity contribution < 1.29 is 4.39 Å². The molecule has 1 unspecified atom stereocenters. The molecule has 0 aliphatic heterocycles. The van der Waals surface area contributed by atoms with Crippen LogP contribution in [0.2, 0.25) is 5.02 Å². The predicted octanol–water partition coefficient (Wildman–Crippen LogP) is 4.26. The summed E-state index contributed by atoms with van der Waals surface area (Å²) in [5.41, 5.74) is 0.539. The molecule has 1 aromatic carbocycles. The monoisotopic (exact) mass is 283 g/mol. The Bertz CT molecular complexity index is 478. The second-order valence-corrected chi connectivity index (χ2v) is 5.71. The first kappa shape index (κ1) is 13.5. The average Bonchev–Trinajstić information content (AvgIpc) is 2.81. The highest BCUT2D eigenvalue weighted by atomic mass is 35.5. The van der Waals surface area contributed by atoms with Gasteiger partial charge in [-0.25, -0.2) is 4.39 Å². The Morgan fingerprint density at radius 3 is 2.83 bits per heavy atom. The van der Waals surface area contributed by atoms with Gasteiger partial charge in [-0.3, -0.25) is 0 Å². The Kier molecular flexibility index (Phi) is 4.75. The summed E-state index contributed by atoms with van der Waals surface area (Å²) in [5, 5.41) is 5.84. The normalized spacial score (nSPS) is 12.6. The topological polar surface area (TPSA) is 12.0 Å². The van der Waals surface area contributed by atoms with Crippen LogP contribution in [-0.2, 0) is 13.0 Å². The van der Waals surface area contributed by atoms with Crippen molar-refractivity contribution in [2.75, 3.05) is 0 Å². The number of halogens is 2. The third-order valence-electron chi connectivity index (χ3n) is 2.78. The van der Waals surface area contributed by atoms with Crippen LogP contribution in [0.1, 0.15) is 17.4 Å². The molecule has 0 saturated carbocycles. The fourth-order valence-electron chi connectivity index (χ4n) is 1.78. The van der Waals surface area contributed by atoms with Crippen LogP contribution in [0, 0.1) is 5.82 Å². The van der Waals surface area contributed by atoms with E-state index in [2.05, 4.69) is 23.7 Å². The van der Waals surface area contributed by atoms with Crippen molar-refractivity contribution in [3.05, 3.63) is 57.0 Å². The average molecular weight is 284 g/mol. The van der Waals surface area contributed by atoms with Crippen molar-refractivity contribution in [2.45, 2.75) is 25.9 Å². The highest BCUT2D eigenvalue weighted by Crippen LogP contribution is 2.19. The smallest absolute Gasteiger partial charge is 0.129 e. The summed E-state index contributed by atoms with van der Waals surface area (Å²) in [4.78, 5) is 1.33. The summed E-state index contributed by atoms with van der Waals surface area (Å²) >= 11 is 7.72. The fraction of sp³-hybridized carbons (Fsp3) is 0.286. The van der Waals surface area contributed by atoms with Crippen molar-refractivity contribution >= 4 is 22.9 Å². The standard InChI is InChI=1S/C14H15ClFNS/c1-10(8-11-4-3-7-18-11)17-9-12-13(15)5-2-6-14(12)16/h2-7,10,17H,8-9H2,1H3. The molecule has 18 heavy (non-hydrogen) atoms. The molecule has 0 saturated heterocycles. The number of hydrogen-bond donors (Lipinski definition) is 1. The number of nitrogens with one attached hydrogen (secondary N) is 1. The van der Waals surface area contributed by atoms with Crippen molar-refractivity contribution in [1.29, 1.82) is 0 Å². The zero-order valence-corrected chi connectivity index (χ0v) is 11.7. The molecule has 0 spiro atoms. The third-order valence-corrected chi connectivity index (χ3v) is 4.03. The molecule has 0 amide bonds. The Labute approximate surface area is 116 Å². The van der Waals surface area contributed by atoms with E-state index < -0.39 is 0 Å². The lowest BCUT2D eigenvalue weighted by Crippen LogP contribution is -2.27. The van der Waals surface area contributed by atoms with Crippen LogP contribution in [0.3, 0.4) is 0 Å². The highest BCUT2D eigenvalue weighted by Gasteiger charge is 2.09. The maximum atomic E-state index is 13.6. The van der Waals surface area contributed by atoms with E-state index in [1.165, 1.54) is 10.9 Å². The first-order valence-corrected chi connectivity index (χ1v) is 7.11. The van der Waals surface area contributed by atoms with E-state index in [0.717, 1.165) is 6.42 Å². The Morgan fingerprint density at radius 1 is 1.33 bits per heavy atom. The Hall–Kier alpha value is -0.900. The van der Waals surface area contributed by atoms with Gasteiger partial charge in [0, 0.05) is 28.0 Å². The van der Waals surface area contributed by atoms with Gasteiger partial charge < -0.3 is 5.32 Å². The van der Waals surface area contributed by atoms with Gasteiger partial charge >= 0.3 is 0 Å². The second kappa shape index (κ2) is 6.32. The van der Waals surface area contributed by atoms with E-state index in [-0.39, 0.29) is 5.82 Å². The lowest BCUT2D eigenvalue weighted by atomic mass is 10.1. The molecule has 4 heteroatoms. The quantitative estimate of drug-likeness (QED) is 0.864. The molecule has 0 fully saturated rings. The number of thiophene rings is 1. The van der Waals surface area contributed by atoms with Crippen molar-refractivity contribution in [1.82, 2.24) is 5.32 Å². The maximum Gasteiger partial charge on any atom is 0.129 e. The van der Waals surface area contributed by atoms with Crippen LogP contribution < -0.4 is 5.32 Å². The summed E-state index contributed by atoms with van der Waals surface area (Å²) in [5.74, 6) is -0.252. The molecule has 1 N–H and O–H groups in total. The van der Waals surface area contributed by atoms with Gasteiger partial charge in [-0.1, -0.05) is 23.7 Å². The molecule has 2 aromatic rings. The van der Waals surface area contributed by atoms with E-state index in [1.54, 1.807) is 23.5 Å². The molecule has 0 radical (unpaired) electrons. The minimum absolute atomic E-state index is 0.252. The van der Waals surface area contributed by atoms with E-state index >= 15 is 0 Å². The summed E-state index contributed by atoms with van der Waals surface area (Å²) < 4.78 is 13.6. The molecule has 0 bridgehead atoms. The Balaban J connectivity index is 1.91. The number of benzene rings is 1. The van der Waals surface area contributed by atoms with Gasteiger partial charge in [0.15, 0.2) is 0 Å². The second-order valence-electron chi connectivity index (χ2n) is 4.27. The minimum Gasteiger partial charge on any atom is -0.310 e. The maximum absolute atomic E-state index is 13.6. The first-order chi connectivity index (χ1) is 8.66. The number of rotatable bonds is 5. The number of hydrogen-bond acceptors (Lipinski definition) is 2. The Morgan fingerprint density at radius 2 is 2.17 bits per heavy atom. The van der Waals surface area contributed by atoms with Crippen molar-refractivity contribution in [2.24, 2.45) is 0 Å². The molecule has 2 rings (SSSR count). The minimum atomic E-state index is -0.252. The van der Waals surface area contributed by atoms with Crippen LogP contribution in [0.15, 0.2) is 35.7 Å². The van der Waals surface area contributed by atoms with E-state index in [1.807, 2.05) is 6.07 Å². The van der Waals surface area contributed by atoms with Gasteiger partial charge in [-0.15, -0.1) is 11.3 Å². The fourth-order valence-corrected chi connectivity index (χ4v) is 2.85. The molecule has 0 aliphatic rings. The predicted molar refractivity (Wildman–Crippen MR) is 75.7 cm³/mol.